The number of aromatic nitrogens is 5. The fraction of sp³-hybridized carbons (Fsp3) is 0.440. The van der Waals surface area contributed by atoms with Crippen LogP contribution in [-0.4, -0.2) is 87.4 Å². The minimum Gasteiger partial charge on any atom is -0.481 e. The number of aryl methyl sites for hydroxylation is 1. The van der Waals surface area contributed by atoms with Gasteiger partial charge in [-0.1, -0.05) is 22.9 Å². The SMILES string of the molecule is CCOC(=O)c1coc(C2c3c(nc4sc(C)nn34)CCN2C(=O)COc2ccc(N3CCOCC3)nc2Cl)n1. The number of fused-ring (bicyclic) bond motifs is 3. The van der Waals surface area contributed by atoms with Gasteiger partial charge >= 0.3 is 5.97 Å². The van der Waals surface area contributed by atoms with E-state index in [9.17, 15) is 9.59 Å². The normalized spacial score (nSPS) is 17.2. The number of pyridine rings is 1. The van der Waals surface area contributed by atoms with Gasteiger partial charge in [-0.3, -0.25) is 4.79 Å². The van der Waals surface area contributed by atoms with Gasteiger partial charge in [0.25, 0.3) is 5.91 Å². The number of hydrogen-bond acceptors (Lipinski definition) is 12. The van der Waals surface area contributed by atoms with E-state index in [4.69, 9.17) is 35.2 Å². The highest BCUT2D eigenvalue weighted by molar-refractivity contribution is 7.16. The van der Waals surface area contributed by atoms with Gasteiger partial charge in [-0.2, -0.15) is 5.10 Å². The number of halogens is 1. The zero-order valence-electron chi connectivity index (χ0n) is 21.8. The van der Waals surface area contributed by atoms with Gasteiger partial charge < -0.3 is 28.4 Å². The molecule has 210 valence electrons. The Balaban J connectivity index is 1.26. The summed E-state index contributed by atoms with van der Waals surface area (Å²) in [5.74, 6) is 0.227. The van der Waals surface area contributed by atoms with Crippen molar-refractivity contribution in [3.63, 3.8) is 0 Å². The van der Waals surface area contributed by atoms with E-state index in [1.807, 2.05) is 13.0 Å². The summed E-state index contributed by atoms with van der Waals surface area (Å²) in [5, 5.41) is 5.57. The van der Waals surface area contributed by atoms with Gasteiger partial charge in [0.05, 0.1) is 31.2 Å². The zero-order chi connectivity index (χ0) is 27.8. The Labute approximate surface area is 237 Å². The van der Waals surface area contributed by atoms with Crippen LogP contribution in [0.3, 0.4) is 0 Å². The quantitative estimate of drug-likeness (QED) is 0.233. The lowest BCUT2D eigenvalue weighted by Gasteiger charge is -2.33. The van der Waals surface area contributed by atoms with E-state index in [-0.39, 0.29) is 35.9 Å². The molecule has 1 unspecified atom stereocenters. The Bertz CT molecular complexity index is 1560. The van der Waals surface area contributed by atoms with E-state index in [0.717, 1.165) is 29.6 Å². The molecule has 0 spiro atoms. The van der Waals surface area contributed by atoms with Crippen LogP contribution in [0.1, 0.15) is 45.7 Å². The summed E-state index contributed by atoms with van der Waals surface area (Å²) >= 11 is 7.86. The third-order valence-corrected chi connectivity index (χ3v) is 7.72. The van der Waals surface area contributed by atoms with Crippen molar-refractivity contribution in [3.8, 4) is 5.75 Å². The summed E-state index contributed by atoms with van der Waals surface area (Å²) in [5.41, 5.74) is 1.46. The third-order valence-electron chi connectivity index (χ3n) is 6.62. The van der Waals surface area contributed by atoms with Gasteiger partial charge in [0.1, 0.15) is 17.1 Å². The van der Waals surface area contributed by atoms with Crippen molar-refractivity contribution in [3.05, 3.63) is 51.5 Å². The summed E-state index contributed by atoms with van der Waals surface area (Å²) in [4.78, 5) is 43.8. The standard InChI is InChI=1S/C25H26ClN7O6S/c1-3-37-24(35)16-12-39-23(27-16)21-20-15(28-25-33(20)30-14(2)40-25)6-7-32(21)19(34)13-38-17-4-5-18(29-22(17)26)31-8-10-36-11-9-31/h4-5,12,21H,3,6-11,13H2,1-2H3. The molecule has 1 saturated heterocycles. The summed E-state index contributed by atoms with van der Waals surface area (Å²) in [6.45, 7) is 6.52. The highest BCUT2D eigenvalue weighted by atomic mass is 35.5. The lowest BCUT2D eigenvalue weighted by atomic mass is 10.0. The molecule has 0 saturated carbocycles. The van der Waals surface area contributed by atoms with E-state index >= 15 is 0 Å². The lowest BCUT2D eigenvalue weighted by molar-refractivity contribution is -0.136. The largest absolute Gasteiger partial charge is 0.481 e. The predicted octanol–water partition coefficient (Wildman–Crippen LogP) is 2.70. The number of rotatable bonds is 7. The Morgan fingerprint density at radius 3 is 2.77 bits per heavy atom. The van der Waals surface area contributed by atoms with E-state index in [2.05, 4.69) is 20.0 Å². The number of hydrogen-bond donors (Lipinski definition) is 0. The second kappa shape index (κ2) is 11.0. The second-order valence-corrected chi connectivity index (χ2v) is 10.7. The first kappa shape index (κ1) is 26.5. The molecule has 0 aromatic carbocycles. The number of carbonyl (C=O) groups excluding carboxylic acids is 2. The van der Waals surface area contributed by atoms with Crippen LogP contribution in [0.15, 0.2) is 22.8 Å². The first-order valence-corrected chi connectivity index (χ1v) is 14.0. The number of morpholine rings is 1. The summed E-state index contributed by atoms with van der Waals surface area (Å²) in [6.07, 6.45) is 1.74. The molecule has 40 heavy (non-hydrogen) atoms. The van der Waals surface area contributed by atoms with Gasteiger partial charge in [0, 0.05) is 26.1 Å². The highest BCUT2D eigenvalue weighted by Gasteiger charge is 2.40. The molecule has 6 heterocycles. The highest BCUT2D eigenvalue weighted by Crippen LogP contribution is 2.36. The molecule has 1 amide bonds. The number of imidazole rings is 1. The van der Waals surface area contributed by atoms with Crippen LogP contribution in [0.25, 0.3) is 4.96 Å². The maximum atomic E-state index is 13.6. The maximum Gasteiger partial charge on any atom is 0.360 e. The van der Waals surface area contributed by atoms with Crippen LogP contribution in [-0.2, 0) is 20.7 Å². The number of anilines is 1. The maximum absolute atomic E-state index is 13.6. The first-order chi connectivity index (χ1) is 19.4. The van der Waals surface area contributed by atoms with Gasteiger partial charge in [-0.15, -0.1) is 0 Å². The van der Waals surface area contributed by atoms with Crippen molar-refractivity contribution in [1.82, 2.24) is 29.5 Å². The Morgan fingerprint density at radius 2 is 2.00 bits per heavy atom. The minimum atomic E-state index is -0.781. The van der Waals surface area contributed by atoms with E-state index in [0.29, 0.717) is 42.6 Å². The summed E-state index contributed by atoms with van der Waals surface area (Å²) < 4.78 is 23.7. The van der Waals surface area contributed by atoms with Crippen molar-refractivity contribution in [1.29, 1.82) is 0 Å². The Morgan fingerprint density at radius 1 is 1.18 bits per heavy atom. The molecule has 1 atom stereocenters. The van der Waals surface area contributed by atoms with Crippen molar-refractivity contribution in [2.24, 2.45) is 0 Å². The van der Waals surface area contributed by atoms with E-state index in [1.54, 1.807) is 22.4 Å². The van der Waals surface area contributed by atoms with Crippen LogP contribution in [0.4, 0.5) is 5.82 Å². The van der Waals surface area contributed by atoms with Gasteiger partial charge in [-0.25, -0.2) is 24.3 Å². The number of esters is 1. The molecular formula is C25H26ClN7O6S. The molecule has 0 aliphatic carbocycles. The summed E-state index contributed by atoms with van der Waals surface area (Å²) in [7, 11) is 0. The van der Waals surface area contributed by atoms with Crippen LogP contribution in [0.5, 0.6) is 5.75 Å². The lowest BCUT2D eigenvalue weighted by Crippen LogP contribution is -2.43. The van der Waals surface area contributed by atoms with Crippen molar-refractivity contribution >= 4 is 45.6 Å². The predicted molar refractivity (Wildman–Crippen MR) is 143 cm³/mol. The molecule has 15 heteroatoms. The third kappa shape index (κ3) is 4.97. The van der Waals surface area contributed by atoms with Crippen molar-refractivity contribution in [2.75, 3.05) is 51.0 Å². The fourth-order valence-electron chi connectivity index (χ4n) is 4.80. The average Bonchev–Trinajstić information content (AvgIpc) is 3.67. The number of ether oxygens (including phenoxy) is 3. The first-order valence-electron chi connectivity index (χ1n) is 12.8. The van der Waals surface area contributed by atoms with E-state index in [1.165, 1.54) is 17.6 Å². The Kier molecular flexibility index (Phi) is 7.29. The Hall–Kier alpha value is -3.75. The number of nitrogens with zero attached hydrogens (tertiary/aromatic N) is 7. The molecule has 4 aromatic rings. The molecule has 0 bridgehead atoms. The minimum absolute atomic E-state index is 0.0149. The average molecular weight is 588 g/mol. The molecule has 13 nitrogen and oxygen atoms in total. The van der Waals surface area contributed by atoms with E-state index < -0.39 is 12.0 Å². The van der Waals surface area contributed by atoms with Crippen LogP contribution >= 0.6 is 22.9 Å². The van der Waals surface area contributed by atoms with Crippen LogP contribution < -0.4 is 9.64 Å². The fourth-order valence-corrected chi connectivity index (χ4v) is 5.78. The molecule has 6 rings (SSSR count). The molecule has 4 aromatic heterocycles. The van der Waals surface area contributed by atoms with Crippen LogP contribution in [0.2, 0.25) is 5.15 Å². The number of oxazole rings is 1. The smallest absolute Gasteiger partial charge is 0.360 e. The molecule has 2 aliphatic rings. The number of amides is 1. The van der Waals surface area contributed by atoms with Gasteiger partial charge in [-0.05, 0) is 26.0 Å². The summed E-state index contributed by atoms with van der Waals surface area (Å²) in [6, 6.07) is 2.73. The van der Waals surface area contributed by atoms with Crippen molar-refractivity contribution < 1.29 is 28.2 Å². The molecule has 1 fully saturated rings. The monoisotopic (exact) mass is 587 g/mol. The van der Waals surface area contributed by atoms with Crippen LogP contribution in [0, 0.1) is 6.92 Å². The molecule has 0 radical (unpaired) electrons. The zero-order valence-corrected chi connectivity index (χ0v) is 23.4. The topological polar surface area (TPSA) is 137 Å². The second-order valence-electron chi connectivity index (χ2n) is 9.14. The van der Waals surface area contributed by atoms with Crippen molar-refractivity contribution in [2.45, 2.75) is 26.3 Å². The molecule has 0 N–H and O–H groups in total. The molecule has 2 aliphatic heterocycles. The molecular weight excluding hydrogens is 562 g/mol. The van der Waals surface area contributed by atoms with Gasteiger partial charge in [0.15, 0.2) is 29.2 Å². The van der Waals surface area contributed by atoms with Gasteiger partial charge in [0.2, 0.25) is 10.9 Å². The number of carbonyl (C=O) groups is 2.